The summed E-state index contributed by atoms with van der Waals surface area (Å²) >= 11 is 5.98. The number of carbonyl (C=O) groups excluding carboxylic acids is 1. The normalized spacial score (nSPS) is 15.9. The van der Waals surface area contributed by atoms with E-state index in [1.165, 1.54) is 12.8 Å². The lowest BCUT2D eigenvalue weighted by molar-refractivity contribution is 0.0482. The van der Waals surface area contributed by atoms with Crippen molar-refractivity contribution in [2.24, 2.45) is 0 Å². The van der Waals surface area contributed by atoms with Gasteiger partial charge in [0.05, 0.1) is 18.2 Å². The number of Topliss-reactive ketones (excluding diaryl/α,β-unsaturated/α-hetero) is 1. The lowest BCUT2D eigenvalue weighted by Crippen LogP contribution is -2.15. The number of hydrogen-bond donors (Lipinski definition) is 0. The van der Waals surface area contributed by atoms with E-state index in [9.17, 15) is 4.79 Å². The Hall–Kier alpha value is -1.06. The highest BCUT2D eigenvalue weighted by molar-refractivity contribution is 6.32. The maximum atomic E-state index is 11.9. The van der Waals surface area contributed by atoms with E-state index < -0.39 is 0 Å². The topological polar surface area (TPSA) is 35.5 Å². The van der Waals surface area contributed by atoms with E-state index >= 15 is 0 Å². The smallest absolute Gasteiger partial charge is 0.188 e. The van der Waals surface area contributed by atoms with E-state index in [0.29, 0.717) is 16.3 Å². The van der Waals surface area contributed by atoms with E-state index in [0.717, 1.165) is 12.8 Å². The minimum absolute atomic E-state index is 0.0357. The van der Waals surface area contributed by atoms with Crippen molar-refractivity contribution in [3.63, 3.8) is 0 Å². The summed E-state index contributed by atoms with van der Waals surface area (Å²) in [6.45, 7) is 0.132. The molecule has 1 aromatic rings. The van der Waals surface area contributed by atoms with E-state index in [-0.39, 0.29) is 18.5 Å². The van der Waals surface area contributed by atoms with Crippen molar-refractivity contribution in [3.8, 4) is 5.75 Å². The van der Waals surface area contributed by atoms with Crippen LogP contribution in [0, 0.1) is 0 Å². The molecule has 4 heteroatoms. The molecule has 0 amide bonds. The zero-order chi connectivity index (χ0) is 13.0. The Balaban J connectivity index is 1.93. The maximum absolute atomic E-state index is 11.9. The third-order valence-corrected chi connectivity index (χ3v) is 3.52. The molecular formula is C14H17ClO3. The highest BCUT2D eigenvalue weighted by Gasteiger charge is 2.17. The van der Waals surface area contributed by atoms with Crippen LogP contribution in [0.15, 0.2) is 18.2 Å². The van der Waals surface area contributed by atoms with Crippen LogP contribution in [-0.4, -0.2) is 25.6 Å². The molecule has 0 N–H and O–H groups in total. The van der Waals surface area contributed by atoms with Gasteiger partial charge in [-0.25, -0.2) is 0 Å². The molecule has 2 rings (SSSR count). The lowest BCUT2D eigenvalue weighted by Gasteiger charge is -2.10. The van der Waals surface area contributed by atoms with Gasteiger partial charge in [-0.15, -0.1) is 0 Å². The molecule has 18 heavy (non-hydrogen) atoms. The predicted molar refractivity (Wildman–Crippen MR) is 70.5 cm³/mol. The highest BCUT2D eigenvalue weighted by atomic mass is 35.5. The Morgan fingerprint density at radius 2 is 2.11 bits per heavy atom. The van der Waals surface area contributed by atoms with Crippen LogP contribution in [0.2, 0.25) is 5.02 Å². The van der Waals surface area contributed by atoms with Crippen LogP contribution in [0.25, 0.3) is 0 Å². The lowest BCUT2D eigenvalue weighted by atomic mass is 10.1. The fourth-order valence-corrected chi connectivity index (χ4v) is 2.43. The molecule has 0 unspecified atom stereocenters. The van der Waals surface area contributed by atoms with Crippen LogP contribution in [0.1, 0.15) is 36.0 Å². The van der Waals surface area contributed by atoms with Crippen molar-refractivity contribution >= 4 is 17.4 Å². The van der Waals surface area contributed by atoms with Crippen molar-refractivity contribution in [2.75, 3.05) is 13.7 Å². The average Bonchev–Trinajstić information content (AvgIpc) is 2.89. The predicted octanol–water partition coefficient (Wildman–Crippen LogP) is 3.49. The molecule has 0 atom stereocenters. The molecular weight excluding hydrogens is 252 g/mol. The summed E-state index contributed by atoms with van der Waals surface area (Å²) in [4.78, 5) is 11.9. The van der Waals surface area contributed by atoms with Crippen LogP contribution < -0.4 is 4.74 Å². The van der Waals surface area contributed by atoms with Crippen molar-refractivity contribution in [2.45, 2.75) is 31.8 Å². The molecule has 98 valence electrons. The quantitative estimate of drug-likeness (QED) is 0.767. The molecule has 0 radical (unpaired) electrons. The average molecular weight is 269 g/mol. The van der Waals surface area contributed by atoms with Crippen molar-refractivity contribution in [1.29, 1.82) is 0 Å². The molecule has 1 aliphatic carbocycles. The minimum Gasteiger partial charge on any atom is -0.495 e. The number of benzene rings is 1. The Labute approximate surface area is 112 Å². The minimum atomic E-state index is -0.0357. The summed E-state index contributed by atoms with van der Waals surface area (Å²) in [7, 11) is 1.55. The van der Waals surface area contributed by atoms with E-state index in [2.05, 4.69) is 0 Å². The standard InChI is InChI=1S/C14H17ClO3/c1-17-14-7-6-10(8-12(14)15)13(16)9-18-11-4-2-3-5-11/h6-8,11H,2-5,9H2,1H3. The summed E-state index contributed by atoms with van der Waals surface area (Å²) < 4.78 is 10.6. The molecule has 0 aliphatic heterocycles. The van der Waals surface area contributed by atoms with E-state index in [1.54, 1.807) is 25.3 Å². The molecule has 1 aromatic carbocycles. The van der Waals surface area contributed by atoms with Gasteiger partial charge in [0.15, 0.2) is 5.78 Å². The molecule has 1 aliphatic rings. The zero-order valence-electron chi connectivity index (χ0n) is 10.4. The summed E-state index contributed by atoms with van der Waals surface area (Å²) in [5.41, 5.74) is 0.568. The molecule has 0 saturated heterocycles. The van der Waals surface area contributed by atoms with Gasteiger partial charge in [-0.2, -0.15) is 0 Å². The first-order valence-corrected chi connectivity index (χ1v) is 6.57. The molecule has 1 saturated carbocycles. The monoisotopic (exact) mass is 268 g/mol. The summed E-state index contributed by atoms with van der Waals surface area (Å²) in [5, 5.41) is 0.448. The van der Waals surface area contributed by atoms with Gasteiger partial charge in [0.1, 0.15) is 12.4 Å². The van der Waals surface area contributed by atoms with Gasteiger partial charge < -0.3 is 9.47 Å². The number of halogens is 1. The van der Waals surface area contributed by atoms with Gasteiger partial charge in [-0.3, -0.25) is 4.79 Å². The Kier molecular flexibility index (Phi) is 4.61. The van der Waals surface area contributed by atoms with Crippen LogP contribution in [0.5, 0.6) is 5.75 Å². The molecule has 0 aromatic heterocycles. The second kappa shape index (κ2) is 6.21. The third kappa shape index (κ3) is 3.24. The summed E-state index contributed by atoms with van der Waals surface area (Å²) in [6, 6.07) is 5.04. The van der Waals surface area contributed by atoms with E-state index in [4.69, 9.17) is 21.1 Å². The fraction of sp³-hybridized carbons (Fsp3) is 0.500. The number of carbonyl (C=O) groups is 1. The fourth-order valence-electron chi connectivity index (χ4n) is 2.17. The summed E-state index contributed by atoms with van der Waals surface area (Å²) in [6.07, 6.45) is 4.79. The second-order valence-electron chi connectivity index (χ2n) is 4.49. The van der Waals surface area contributed by atoms with Crippen molar-refractivity contribution < 1.29 is 14.3 Å². The highest BCUT2D eigenvalue weighted by Crippen LogP contribution is 2.25. The summed E-state index contributed by atoms with van der Waals surface area (Å²) in [5.74, 6) is 0.538. The zero-order valence-corrected chi connectivity index (χ0v) is 11.2. The SMILES string of the molecule is COc1ccc(C(=O)COC2CCCC2)cc1Cl. The number of ether oxygens (including phenoxy) is 2. The van der Waals surface area contributed by atoms with Gasteiger partial charge in [0.2, 0.25) is 0 Å². The number of hydrogen-bond acceptors (Lipinski definition) is 3. The first-order chi connectivity index (χ1) is 8.70. The first kappa shape index (κ1) is 13.4. The molecule has 0 bridgehead atoms. The van der Waals surface area contributed by atoms with Gasteiger partial charge >= 0.3 is 0 Å². The van der Waals surface area contributed by atoms with Crippen LogP contribution in [-0.2, 0) is 4.74 Å². The van der Waals surface area contributed by atoms with Crippen LogP contribution in [0.4, 0.5) is 0 Å². The van der Waals surface area contributed by atoms with Gasteiger partial charge in [-0.05, 0) is 31.0 Å². The van der Waals surface area contributed by atoms with Crippen molar-refractivity contribution in [1.82, 2.24) is 0 Å². The largest absolute Gasteiger partial charge is 0.495 e. The molecule has 1 fully saturated rings. The Bertz CT molecular complexity index is 425. The Morgan fingerprint density at radius 3 is 2.72 bits per heavy atom. The molecule has 0 heterocycles. The van der Waals surface area contributed by atoms with E-state index in [1.807, 2.05) is 0 Å². The number of ketones is 1. The van der Waals surface area contributed by atoms with Gasteiger partial charge in [0, 0.05) is 5.56 Å². The Morgan fingerprint density at radius 1 is 1.39 bits per heavy atom. The first-order valence-electron chi connectivity index (χ1n) is 6.19. The van der Waals surface area contributed by atoms with Gasteiger partial charge in [0.25, 0.3) is 0 Å². The second-order valence-corrected chi connectivity index (χ2v) is 4.90. The van der Waals surface area contributed by atoms with Gasteiger partial charge in [-0.1, -0.05) is 24.4 Å². The van der Waals surface area contributed by atoms with Crippen LogP contribution >= 0.6 is 11.6 Å². The van der Waals surface area contributed by atoms with Crippen molar-refractivity contribution in [3.05, 3.63) is 28.8 Å². The number of rotatable bonds is 5. The molecule has 0 spiro atoms. The van der Waals surface area contributed by atoms with Crippen LogP contribution in [0.3, 0.4) is 0 Å². The molecule has 3 nitrogen and oxygen atoms in total. The third-order valence-electron chi connectivity index (χ3n) is 3.23. The maximum Gasteiger partial charge on any atom is 0.188 e. The number of methoxy groups -OCH3 is 1.